The molecule has 0 radical (unpaired) electrons. The lowest BCUT2D eigenvalue weighted by Crippen LogP contribution is -2.46. The molecule has 13 heavy (non-hydrogen) atoms. The number of amides is 1. The number of hydrogen-bond donors (Lipinski definition) is 2. The summed E-state index contributed by atoms with van der Waals surface area (Å²) in [4.78, 5) is 21.8. The molecule has 0 aromatic rings. The molecule has 0 saturated heterocycles. The number of hydrogen-bond acceptors (Lipinski definition) is 2. The van der Waals surface area contributed by atoms with Crippen LogP contribution in [-0.2, 0) is 9.59 Å². The maximum absolute atomic E-state index is 11.0. The Hall–Kier alpha value is -1.06. The van der Waals surface area contributed by atoms with Crippen molar-refractivity contribution in [1.82, 2.24) is 5.32 Å². The van der Waals surface area contributed by atoms with Gasteiger partial charge in [-0.1, -0.05) is 6.42 Å². The maximum atomic E-state index is 11.0. The number of carbonyl (C=O) groups excluding carboxylic acids is 1. The van der Waals surface area contributed by atoms with E-state index in [1.165, 1.54) is 6.92 Å². The van der Waals surface area contributed by atoms with Gasteiger partial charge in [-0.05, 0) is 19.8 Å². The summed E-state index contributed by atoms with van der Waals surface area (Å²) in [6.45, 7) is 3.11. The summed E-state index contributed by atoms with van der Waals surface area (Å²) < 4.78 is 0. The Morgan fingerprint density at radius 3 is 2.62 bits per heavy atom. The van der Waals surface area contributed by atoms with Crippen LogP contribution in [0.1, 0.15) is 33.1 Å². The van der Waals surface area contributed by atoms with Crippen LogP contribution in [0.3, 0.4) is 0 Å². The summed E-state index contributed by atoms with van der Waals surface area (Å²) in [6, 6.07) is -0.206. The van der Waals surface area contributed by atoms with Gasteiger partial charge >= 0.3 is 5.97 Å². The van der Waals surface area contributed by atoms with Crippen molar-refractivity contribution in [1.29, 1.82) is 0 Å². The standard InChI is InChI=1S/C9H15NO3/c1-6(11)10-7-4-3-5-9(7,2)8(12)13/h7H,3-5H2,1-2H3,(H,10,11)(H,12,13)/t7-,9-/m1/s1. The van der Waals surface area contributed by atoms with E-state index in [4.69, 9.17) is 5.11 Å². The van der Waals surface area contributed by atoms with E-state index in [-0.39, 0.29) is 11.9 Å². The zero-order valence-electron chi connectivity index (χ0n) is 7.96. The highest BCUT2D eigenvalue weighted by Crippen LogP contribution is 2.38. The van der Waals surface area contributed by atoms with Gasteiger partial charge in [0, 0.05) is 13.0 Å². The molecule has 0 bridgehead atoms. The molecular weight excluding hydrogens is 170 g/mol. The van der Waals surface area contributed by atoms with Gasteiger partial charge in [0.05, 0.1) is 5.41 Å². The van der Waals surface area contributed by atoms with E-state index in [1.54, 1.807) is 6.92 Å². The Balaban J connectivity index is 2.73. The number of rotatable bonds is 2. The van der Waals surface area contributed by atoms with Crippen molar-refractivity contribution in [2.75, 3.05) is 0 Å². The Morgan fingerprint density at radius 1 is 1.54 bits per heavy atom. The molecule has 0 heterocycles. The van der Waals surface area contributed by atoms with E-state index >= 15 is 0 Å². The number of carboxylic acids is 1. The Morgan fingerprint density at radius 2 is 2.15 bits per heavy atom. The molecule has 0 aromatic carbocycles. The molecule has 0 spiro atoms. The van der Waals surface area contributed by atoms with E-state index < -0.39 is 11.4 Å². The smallest absolute Gasteiger partial charge is 0.311 e. The number of aliphatic carboxylic acids is 1. The van der Waals surface area contributed by atoms with Crippen molar-refractivity contribution in [2.45, 2.75) is 39.2 Å². The first-order valence-corrected chi connectivity index (χ1v) is 4.47. The van der Waals surface area contributed by atoms with E-state index in [1.807, 2.05) is 0 Å². The Bertz CT molecular complexity index is 239. The molecule has 0 aliphatic heterocycles. The molecule has 1 rings (SSSR count). The van der Waals surface area contributed by atoms with Gasteiger partial charge in [0.2, 0.25) is 5.91 Å². The van der Waals surface area contributed by atoms with Gasteiger partial charge in [-0.2, -0.15) is 0 Å². The fourth-order valence-corrected chi connectivity index (χ4v) is 1.90. The fraction of sp³-hybridized carbons (Fsp3) is 0.778. The molecule has 1 fully saturated rings. The van der Waals surface area contributed by atoms with Gasteiger partial charge in [-0.3, -0.25) is 9.59 Å². The van der Waals surface area contributed by atoms with Crippen molar-refractivity contribution in [3.05, 3.63) is 0 Å². The average Bonchev–Trinajstić information content (AvgIpc) is 2.33. The second-order valence-corrected chi connectivity index (χ2v) is 3.87. The van der Waals surface area contributed by atoms with E-state index in [9.17, 15) is 9.59 Å². The monoisotopic (exact) mass is 185 g/mol. The summed E-state index contributed by atoms with van der Waals surface area (Å²) in [6.07, 6.45) is 2.28. The third-order valence-electron chi connectivity index (χ3n) is 2.82. The highest BCUT2D eigenvalue weighted by atomic mass is 16.4. The molecule has 0 unspecified atom stereocenters. The van der Waals surface area contributed by atoms with Crippen LogP contribution in [0.4, 0.5) is 0 Å². The molecule has 2 atom stereocenters. The zero-order valence-corrected chi connectivity index (χ0v) is 7.96. The van der Waals surface area contributed by atoms with Crippen LogP contribution in [-0.4, -0.2) is 23.0 Å². The molecular formula is C9H15NO3. The van der Waals surface area contributed by atoms with Crippen LogP contribution in [0, 0.1) is 5.41 Å². The average molecular weight is 185 g/mol. The summed E-state index contributed by atoms with van der Waals surface area (Å²) in [5, 5.41) is 11.7. The molecule has 74 valence electrons. The van der Waals surface area contributed by atoms with Gasteiger partial charge in [0.25, 0.3) is 0 Å². The minimum Gasteiger partial charge on any atom is -0.481 e. The van der Waals surface area contributed by atoms with Gasteiger partial charge in [0.15, 0.2) is 0 Å². The number of nitrogens with one attached hydrogen (secondary N) is 1. The number of carboxylic acid groups (broad SMARTS) is 1. The van der Waals surface area contributed by atoms with Crippen LogP contribution in [0.15, 0.2) is 0 Å². The summed E-state index contributed by atoms with van der Waals surface area (Å²) in [7, 11) is 0. The summed E-state index contributed by atoms with van der Waals surface area (Å²) in [5.41, 5.74) is -0.772. The molecule has 4 heteroatoms. The highest BCUT2D eigenvalue weighted by Gasteiger charge is 2.45. The van der Waals surface area contributed by atoms with Crippen molar-refractivity contribution in [3.8, 4) is 0 Å². The highest BCUT2D eigenvalue weighted by molar-refractivity contribution is 5.78. The van der Waals surface area contributed by atoms with Crippen LogP contribution in [0.25, 0.3) is 0 Å². The van der Waals surface area contributed by atoms with Crippen molar-refractivity contribution < 1.29 is 14.7 Å². The van der Waals surface area contributed by atoms with E-state index in [2.05, 4.69) is 5.32 Å². The molecule has 4 nitrogen and oxygen atoms in total. The Labute approximate surface area is 77.3 Å². The SMILES string of the molecule is CC(=O)N[C@@H]1CCC[C@@]1(C)C(=O)O. The zero-order chi connectivity index (χ0) is 10.1. The molecule has 2 N–H and O–H groups in total. The fourth-order valence-electron chi connectivity index (χ4n) is 1.90. The quantitative estimate of drug-likeness (QED) is 0.667. The molecule has 1 aliphatic carbocycles. The maximum Gasteiger partial charge on any atom is 0.311 e. The molecule has 1 saturated carbocycles. The van der Waals surface area contributed by atoms with E-state index in [0.717, 1.165) is 12.8 Å². The van der Waals surface area contributed by atoms with Crippen molar-refractivity contribution in [3.63, 3.8) is 0 Å². The van der Waals surface area contributed by atoms with Crippen molar-refractivity contribution >= 4 is 11.9 Å². The first-order chi connectivity index (χ1) is 5.97. The topological polar surface area (TPSA) is 66.4 Å². The van der Waals surface area contributed by atoms with Crippen LogP contribution < -0.4 is 5.32 Å². The van der Waals surface area contributed by atoms with Crippen LogP contribution in [0.2, 0.25) is 0 Å². The molecule has 0 aromatic heterocycles. The van der Waals surface area contributed by atoms with E-state index in [0.29, 0.717) is 6.42 Å². The first kappa shape index (κ1) is 10.0. The third kappa shape index (κ3) is 1.82. The molecule has 1 amide bonds. The van der Waals surface area contributed by atoms with Gasteiger partial charge in [0.1, 0.15) is 0 Å². The normalized spacial score (nSPS) is 32.9. The lowest BCUT2D eigenvalue weighted by atomic mass is 9.85. The van der Waals surface area contributed by atoms with Gasteiger partial charge in [-0.25, -0.2) is 0 Å². The van der Waals surface area contributed by atoms with Gasteiger partial charge < -0.3 is 10.4 Å². The first-order valence-electron chi connectivity index (χ1n) is 4.47. The van der Waals surface area contributed by atoms with Crippen LogP contribution in [0.5, 0.6) is 0 Å². The second-order valence-electron chi connectivity index (χ2n) is 3.87. The second kappa shape index (κ2) is 3.36. The minimum atomic E-state index is -0.816. The van der Waals surface area contributed by atoms with Crippen molar-refractivity contribution in [2.24, 2.45) is 5.41 Å². The minimum absolute atomic E-state index is 0.153. The number of carbonyl (C=O) groups is 2. The Kier molecular flexibility index (Phi) is 2.59. The summed E-state index contributed by atoms with van der Waals surface area (Å²) >= 11 is 0. The predicted octanol–water partition coefficient (Wildman–Crippen LogP) is 0.766. The predicted molar refractivity (Wildman–Crippen MR) is 47.2 cm³/mol. The largest absolute Gasteiger partial charge is 0.481 e. The molecule has 1 aliphatic rings. The lowest BCUT2D eigenvalue weighted by Gasteiger charge is -2.27. The third-order valence-corrected chi connectivity index (χ3v) is 2.82. The summed E-state index contributed by atoms with van der Waals surface area (Å²) in [5.74, 6) is -0.969. The van der Waals surface area contributed by atoms with Gasteiger partial charge in [-0.15, -0.1) is 0 Å². The lowest BCUT2D eigenvalue weighted by molar-refractivity contribution is -0.149. The van der Waals surface area contributed by atoms with Crippen LogP contribution >= 0.6 is 0 Å².